The van der Waals surface area contributed by atoms with Crippen LogP contribution in [0.1, 0.15) is 134 Å². The number of carbonyl (C=O) groups excluding carboxylic acids is 2. The molecule has 5 aromatic carbocycles. The van der Waals surface area contributed by atoms with Gasteiger partial charge in [0.25, 0.3) is 60.7 Å². The highest BCUT2D eigenvalue weighted by atomic mass is 32.2. The van der Waals surface area contributed by atoms with Gasteiger partial charge in [-0.1, -0.05) is 83.4 Å². The van der Waals surface area contributed by atoms with Crippen molar-refractivity contribution in [1.29, 1.82) is 0 Å². The molecular weight excluding hydrogens is 1290 g/mol. The Bertz CT molecular complexity index is 4510. The van der Waals surface area contributed by atoms with Gasteiger partial charge in [-0.15, -0.1) is 0 Å². The number of Topliss-reactive ketones (excluding diaryl/α,β-unsaturated/α-hetero) is 1. The molecule has 0 aromatic heterocycles. The van der Waals surface area contributed by atoms with Gasteiger partial charge in [0.1, 0.15) is 22.1 Å². The summed E-state index contributed by atoms with van der Waals surface area (Å²) in [5.41, 5.74) is 1.60. The molecule has 0 saturated heterocycles. The summed E-state index contributed by atoms with van der Waals surface area (Å²) < 4.78 is 213. The maximum Gasteiger partial charge on any atom is 0.295 e. The van der Waals surface area contributed by atoms with Gasteiger partial charge < -0.3 is 10.2 Å². The van der Waals surface area contributed by atoms with E-state index in [1.165, 1.54) is 24.3 Å². The van der Waals surface area contributed by atoms with Gasteiger partial charge in [0.05, 0.1) is 26.7 Å². The normalized spacial score (nSPS) is 16.1. The summed E-state index contributed by atoms with van der Waals surface area (Å²) in [6.45, 7) is 11.0. The van der Waals surface area contributed by atoms with Gasteiger partial charge in [-0.25, -0.2) is 0 Å². The number of hydrogen-bond acceptors (Lipinski definition) is 15. The van der Waals surface area contributed by atoms with E-state index in [2.05, 4.69) is 5.32 Å². The predicted octanol–water partition coefficient (Wildman–Crippen LogP) is 9.63. The molecule has 7 N–H and O–H groups in total. The van der Waals surface area contributed by atoms with Crippen LogP contribution in [0.25, 0.3) is 27.1 Å². The number of carbonyl (C=O) groups is 2. The smallest absolute Gasteiger partial charge is 0.295 e. The molecule has 0 aliphatic carbocycles. The number of aryl methyl sites for hydroxylation is 1. The molecule has 0 bridgehead atoms. The molecule has 0 unspecified atom stereocenters. The molecule has 5 aromatic rings. The number of ketones is 1. The Morgan fingerprint density at radius 3 is 1.70 bits per heavy atom. The molecule has 490 valence electrons. The van der Waals surface area contributed by atoms with E-state index < -0.39 is 103 Å². The zero-order valence-electron chi connectivity index (χ0n) is 50.6. The van der Waals surface area contributed by atoms with Crippen LogP contribution in [0, 0.1) is 5.92 Å². The number of anilines is 1. The lowest BCUT2D eigenvalue weighted by Gasteiger charge is -2.27. The molecule has 2 aliphatic heterocycles. The minimum Gasteiger partial charge on any atom is -0.356 e. The Morgan fingerprint density at radius 2 is 1.13 bits per heavy atom. The van der Waals surface area contributed by atoms with Crippen LogP contribution in [0.5, 0.6) is 0 Å². The zero-order valence-corrected chi connectivity index (χ0v) is 55.5. The monoisotopic (exact) mass is 1360 g/mol. The average molecular weight is 1360 g/mol. The summed E-state index contributed by atoms with van der Waals surface area (Å²) in [5, 5.41) is 2.67. The van der Waals surface area contributed by atoms with Gasteiger partial charge in [-0.2, -0.15) is 55.1 Å². The van der Waals surface area contributed by atoms with E-state index >= 15 is 0 Å². The quantitative estimate of drug-likeness (QED) is 0.00973. The highest BCUT2D eigenvalue weighted by Crippen LogP contribution is 2.52. The van der Waals surface area contributed by atoms with Crippen molar-refractivity contribution in [3.8, 4) is 0 Å². The fourth-order valence-electron chi connectivity index (χ4n) is 12.0. The third-order valence-corrected chi connectivity index (χ3v) is 21.3. The van der Waals surface area contributed by atoms with Crippen molar-refractivity contribution >= 4 is 117 Å². The number of fused-ring (bicyclic) bond motifs is 6. The molecule has 0 fully saturated rings. The van der Waals surface area contributed by atoms with Gasteiger partial charge >= 0.3 is 0 Å². The number of benzene rings is 5. The Kier molecular flexibility index (Phi) is 21.9. The number of hydrogen-bond donors (Lipinski definition) is 7. The van der Waals surface area contributed by atoms with Crippen molar-refractivity contribution in [2.24, 2.45) is 5.92 Å². The van der Waals surface area contributed by atoms with E-state index in [0.29, 0.717) is 95.8 Å². The number of allylic oxidation sites excluding steroid dienone is 6. The number of nitrogens with zero attached hydrogens (tertiary/aromatic N) is 2. The lowest BCUT2D eigenvalue weighted by Crippen LogP contribution is -2.28. The summed E-state index contributed by atoms with van der Waals surface area (Å²) in [5.74, 6) is -1.28. The topological polar surface area (TPSA) is 379 Å². The highest BCUT2D eigenvalue weighted by Gasteiger charge is 2.47. The van der Waals surface area contributed by atoms with E-state index in [-0.39, 0.29) is 65.1 Å². The summed E-state index contributed by atoms with van der Waals surface area (Å²) in [6.07, 6.45) is 13.5. The molecule has 0 saturated carbocycles. The molecule has 1 amide bonds. The Labute approximate surface area is 526 Å². The molecule has 90 heavy (non-hydrogen) atoms. The van der Waals surface area contributed by atoms with Crippen molar-refractivity contribution in [2.45, 2.75) is 149 Å². The van der Waals surface area contributed by atoms with Crippen molar-refractivity contribution in [1.82, 2.24) is 5.32 Å². The Morgan fingerprint density at radius 1 is 0.589 bits per heavy atom. The van der Waals surface area contributed by atoms with E-state index in [9.17, 15) is 87.4 Å². The number of rotatable bonds is 30. The first kappa shape index (κ1) is 71.4. The largest absolute Gasteiger partial charge is 0.356 e. The van der Waals surface area contributed by atoms with Crippen LogP contribution in [0.2, 0.25) is 0 Å². The van der Waals surface area contributed by atoms with Gasteiger partial charge in [-0.3, -0.25) is 36.9 Å². The molecule has 7 rings (SSSR count). The van der Waals surface area contributed by atoms with E-state index in [4.69, 9.17) is 0 Å². The zero-order chi connectivity index (χ0) is 66.7. The first-order valence-corrected chi connectivity index (χ1v) is 38.0. The second kappa shape index (κ2) is 27.6. The molecule has 29 heteroatoms. The molecule has 0 atom stereocenters. The second-order valence-corrected chi connectivity index (χ2v) is 32.8. The van der Waals surface area contributed by atoms with Gasteiger partial charge in [0.15, 0.2) is 5.71 Å². The molecule has 23 nitrogen and oxygen atoms in total. The first-order chi connectivity index (χ1) is 41.6. The van der Waals surface area contributed by atoms with Crippen LogP contribution in [0.15, 0.2) is 122 Å². The van der Waals surface area contributed by atoms with Crippen LogP contribution in [0.4, 0.5) is 11.4 Å². The standard InChI is InChI=1S/C61H75N3O20S6/c1-40(2)59(66)62-30-13-9-7-8-10-20-44(65)21-12-11-17-41-18-14-19-43(35-41)42(22-28-55-60(3,4)57-49-36-45(87(73,74)75)38-53(89(79,80)81)47(49)24-26-51(57)63(55)31-15-33-85(67,68)69)23-29-56-61(5,6)58-50-37-46(88(76,77)78)39-54(90(82,83)84)48(50)25-27-52(58)64(56)32-16-34-86(70,71)72/h14,18-19,22-29,35-40H,7-13,15-17,20-21,30-34H2,1-6H3,(H6-,62,66,67,68,69,70,71,72,73,74,75,76,77,78,79,80,81,82,83,84)/p+1. The maximum absolute atomic E-state index is 13.0. The minimum absolute atomic E-state index is 0.00734. The van der Waals surface area contributed by atoms with E-state index in [1.807, 2.05) is 38.1 Å². The summed E-state index contributed by atoms with van der Waals surface area (Å²) in [7, 11) is -29.5. The lowest BCUT2D eigenvalue weighted by molar-refractivity contribution is -0.437. The van der Waals surface area contributed by atoms with Gasteiger partial charge in [0.2, 0.25) is 11.6 Å². The fourth-order valence-corrected chi connectivity index (χ4v) is 15.6. The highest BCUT2D eigenvalue weighted by molar-refractivity contribution is 7.87. The minimum atomic E-state index is -5.14. The number of unbranched alkanes of at least 4 members (excludes halogenated alkanes) is 5. The van der Waals surface area contributed by atoms with Crippen LogP contribution < -0.4 is 10.2 Å². The maximum atomic E-state index is 13.0. The predicted molar refractivity (Wildman–Crippen MR) is 342 cm³/mol. The number of nitrogens with one attached hydrogen (secondary N) is 1. The van der Waals surface area contributed by atoms with E-state index in [1.54, 1.807) is 61.5 Å². The van der Waals surface area contributed by atoms with Crippen molar-refractivity contribution in [3.63, 3.8) is 0 Å². The van der Waals surface area contributed by atoms with Crippen LogP contribution in [-0.4, -0.2) is 131 Å². The van der Waals surface area contributed by atoms with Gasteiger partial charge in [0, 0.05) is 83.5 Å². The Hall–Kier alpha value is -6.09. The summed E-state index contributed by atoms with van der Waals surface area (Å²) >= 11 is 0. The first-order valence-electron chi connectivity index (χ1n) is 29.1. The molecule has 0 radical (unpaired) electrons. The number of amides is 1. The van der Waals surface area contributed by atoms with Crippen LogP contribution >= 0.6 is 0 Å². The molecular formula is C61H76N3O20S6+. The Balaban J connectivity index is 1.35. The SMILES string of the molecule is CC(C)C(=O)NCCCCCCCC(=O)CCCCc1cccc(C(C=CC2=[N+](CCCS(=O)(=O)O)c3ccc4c(S(=O)(=O)O)cc(S(=O)(=O)O)cc4c3C2(C)C)=CC=C2N(CCCS(=O)(=O)O)c3ccc4c(S(=O)(=O)O)cc(S(=O)(=O)O)cc4c3C2(C)C)c1. The lowest BCUT2D eigenvalue weighted by atomic mass is 9.78. The van der Waals surface area contributed by atoms with Crippen LogP contribution in [0.3, 0.4) is 0 Å². The molecule has 0 spiro atoms. The second-order valence-electron chi connectivity index (χ2n) is 24.0. The molecule has 2 heterocycles. The fraction of sp³-hybridized carbons (Fsp3) is 0.426. The third-order valence-electron chi connectivity index (χ3n) is 16.2. The van der Waals surface area contributed by atoms with Crippen LogP contribution in [-0.2, 0) is 87.5 Å². The van der Waals surface area contributed by atoms with Crippen molar-refractivity contribution < 1.29 is 92.0 Å². The molecule has 2 aliphatic rings. The third kappa shape index (κ3) is 17.3. The van der Waals surface area contributed by atoms with Gasteiger partial charge in [-0.05, 0) is 134 Å². The summed E-state index contributed by atoms with van der Waals surface area (Å²) in [6, 6.07) is 16.5. The average Bonchev–Trinajstić information content (AvgIpc) is 1.52. The van der Waals surface area contributed by atoms with Crippen molar-refractivity contribution in [3.05, 3.63) is 125 Å². The summed E-state index contributed by atoms with van der Waals surface area (Å²) in [4.78, 5) is 23.2. The van der Waals surface area contributed by atoms with E-state index in [0.717, 1.165) is 49.8 Å². The van der Waals surface area contributed by atoms with Crippen molar-refractivity contribution in [2.75, 3.05) is 36.0 Å².